The minimum atomic E-state index is -3.03. The molecule has 0 saturated carbocycles. The predicted octanol–water partition coefficient (Wildman–Crippen LogP) is 1.59. The third kappa shape index (κ3) is 4.90. The molecular formula is C18H23N3O4S2. The quantitative estimate of drug-likeness (QED) is 0.551. The van der Waals surface area contributed by atoms with E-state index in [9.17, 15) is 18.0 Å². The van der Waals surface area contributed by atoms with Crippen molar-refractivity contribution in [1.29, 1.82) is 0 Å². The summed E-state index contributed by atoms with van der Waals surface area (Å²) in [6.45, 7) is 2.60. The molecule has 1 fully saturated rings. The molecule has 0 radical (unpaired) electrons. The second kappa shape index (κ2) is 8.43. The SMILES string of the molecule is CCCCn1c(SCC(=O)N[C@@H]2CCS(=O)(=O)C2)nc2ccccc2c1=O. The molecule has 1 N–H and O–H groups in total. The monoisotopic (exact) mass is 409 g/mol. The highest BCUT2D eigenvalue weighted by molar-refractivity contribution is 7.99. The van der Waals surface area contributed by atoms with E-state index in [0.717, 1.165) is 12.8 Å². The van der Waals surface area contributed by atoms with Crippen LogP contribution in [0.15, 0.2) is 34.2 Å². The smallest absolute Gasteiger partial charge is 0.262 e. The van der Waals surface area contributed by atoms with Crippen molar-refractivity contribution < 1.29 is 13.2 Å². The number of fused-ring (bicyclic) bond motifs is 1. The lowest BCUT2D eigenvalue weighted by atomic mass is 10.2. The molecule has 9 heteroatoms. The third-order valence-electron chi connectivity index (χ3n) is 4.49. The summed E-state index contributed by atoms with van der Waals surface area (Å²) in [5, 5.41) is 3.85. The van der Waals surface area contributed by atoms with Gasteiger partial charge in [0.2, 0.25) is 5.91 Å². The highest BCUT2D eigenvalue weighted by Crippen LogP contribution is 2.19. The third-order valence-corrected chi connectivity index (χ3v) is 7.24. The molecule has 1 aromatic carbocycles. The van der Waals surface area contributed by atoms with Crippen LogP contribution in [0.25, 0.3) is 10.9 Å². The van der Waals surface area contributed by atoms with Gasteiger partial charge in [0, 0.05) is 12.6 Å². The van der Waals surface area contributed by atoms with E-state index in [2.05, 4.69) is 17.2 Å². The molecule has 0 aliphatic carbocycles. The fourth-order valence-electron chi connectivity index (χ4n) is 3.08. The van der Waals surface area contributed by atoms with Crippen LogP contribution in [0.2, 0.25) is 0 Å². The number of nitrogens with zero attached hydrogens (tertiary/aromatic N) is 2. The molecular weight excluding hydrogens is 386 g/mol. The summed E-state index contributed by atoms with van der Waals surface area (Å²) < 4.78 is 24.6. The van der Waals surface area contributed by atoms with Crippen molar-refractivity contribution in [1.82, 2.24) is 14.9 Å². The van der Waals surface area contributed by atoms with E-state index in [1.165, 1.54) is 11.8 Å². The molecule has 1 atom stereocenters. The summed E-state index contributed by atoms with van der Waals surface area (Å²) in [7, 11) is -3.03. The van der Waals surface area contributed by atoms with E-state index < -0.39 is 9.84 Å². The van der Waals surface area contributed by atoms with Gasteiger partial charge in [-0.05, 0) is 25.0 Å². The molecule has 2 heterocycles. The van der Waals surface area contributed by atoms with Gasteiger partial charge in [-0.3, -0.25) is 14.2 Å². The fourth-order valence-corrected chi connectivity index (χ4v) is 5.59. The van der Waals surface area contributed by atoms with Crippen LogP contribution in [0, 0.1) is 0 Å². The normalized spacial score (nSPS) is 18.6. The molecule has 2 aromatic rings. The number of carbonyl (C=O) groups is 1. The Morgan fingerprint density at radius 1 is 1.37 bits per heavy atom. The van der Waals surface area contributed by atoms with E-state index in [-0.39, 0.29) is 34.8 Å². The summed E-state index contributed by atoms with van der Waals surface area (Å²) in [6, 6.07) is 6.86. The van der Waals surface area contributed by atoms with Crippen LogP contribution in [-0.2, 0) is 21.2 Å². The Bertz CT molecular complexity index is 1000. The lowest BCUT2D eigenvalue weighted by molar-refractivity contribution is -0.119. The molecule has 1 amide bonds. The standard InChI is InChI=1S/C18H23N3O4S2/c1-2-3-9-21-17(23)14-6-4-5-7-15(14)20-18(21)26-11-16(22)19-13-8-10-27(24,25)12-13/h4-7,13H,2-3,8-12H2,1H3,(H,19,22)/t13-/m1/s1. The topological polar surface area (TPSA) is 98.1 Å². The summed E-state index contributed by atoms with van der Waals surface area (Å²) in [5.41, 5.74) is 0.513. The fraction of sp³-hybridized carbons (Fsp3) is 0.500. The van der Waals surface area contributed by atoms with Crippen LogP contribution in [0.1, 0.15) is 26.2 Å². The Hall–Kier alpha value is -1.87. The van der Waals surface area contributed by atoms with Gasteiger partial charge in [0.1, 0.15) is 0 Å². The lowest BCUT2D eigenvalue weighted by Gasteiger charge is -2.14. The average Bonchev–Trinajstić information content (AvgIpc) is 2.97. The second-order valence-corrected chi connectivity index (χ2v) is 9.85. The number of carbonyl (C=O) groups excluding carboxylic acids is 1. The van der Waals surface area contributed by atoms with Gasteiger partial charge < -0.3 is 5.32 Å². The first-order chi connectivity index (χ1) is 12.9. The van der Waals surface area contributed by atoms with Crippen LogP contribution in [0.3, 0.4) is 0 Å². The van der Waals surface area contributed by atoms with E-state index in [1.54, 1.807) is 16.7 Å². The van der Waals surface area contributed by atoms with E-state index >= 15 is 0 Å². The minimum absolute atomic E-state index is 0.00115. The lowest BCUT2D eigenvalue weighted by Crippen LogP contribution is -2.36. The molecule has 7 nitrogen and oxygen atoms in total. The molecule has 0 unspecified atom stereocenters. The number of thioether (sulfide) groups is 1. The van der Waals surface area contributed by atoms with Crippen LogP contribution < -0.4 is 10.9 Å². The zero-order chi connectivity index (χ0) is 19.4. The zero-order valence-corrected chi connectivity index (χ0v) is 16.8. The summed E-state index contributed by atoms with van der Waals surface area (Å²) in [4.78, 5) is 29.6. The van der Waals surface area contributed by atoms with Crippen LogP contribution in [0.5, 0.6) is 0 Å². The van der Waals surface area contributed by atoms with Gasteiger partial charge in [-0.2, -0.15) is 0 Å². The maximum atomic E-state index is 12.8. The van der Waals surface area contributed by atoms with E-state index in [0.29, 0.717) is 29.0 Å². The second-order valence-electron chi connectivity index (χ2n) is 6.68. The molecule has 0 spiro atoms. The number of hydrogen-bond acceptors (Lipinski definition) is 6. The largest absolute Gasteiger partial charge is 0.352 e. The Morgan fingerprint density at radius 2 is 2.15 bits per heavy atom. The molecule has 1 aliphatic rings. The van der Waals surface area contributed by atoms with E-state index in [4.69, 9.17) is 0 Å². The van der Waals surface area contributed by atoms with Crippen LogP contribution >= 0.6 is 11.8 Å². The maximum absolute atomic E-state index is 12.8. The number of hydrogen-bond donors (Lipinski definition) is 1. The summed E-state index contributed by atoms with van der Waals surface area (Å²) in [5.74, 6) is -0.0354. The van der Waals surface area contributed by atoms with Gasteiger partial charge in [-0.1, -0.05) is 37.2 Å². The van der Waals surface area contributed by atoms with Crippen molar-refractivity contribution >= 4 is 38.4 Å². The number of benzene rings is 1. The minimum Gasteiger partial charge on any atom is -0.352 e. The predicted molar refractivity (Wildman–Crippen MR) is 107 cm³/mol. The molecule has 1 saturated heterocycles. The van der Waals surface area contributed by atoms with Crippen molar-refractivity contribution in [3.05, 3.63) is 34.6 Å². The Kier molecular flexibility index (Phi) is 6.21. The highest BCUT2D eigenvalue weighted by atomic mass is 32.2. The number of unbranched alkanes of at least 4 members (excludes halogenated alkanes) is 1. The average molecular weight is 410 g/mol. The Morgan fingerprint density at radius 3 is 2.85 bits per heavy atom. The molecule has 1 aliphatic heterocycles. The maximum Gasteiger partial charge on any atom is 0.262 e. The first-order valence-corrected chi connectivity index (χ1v) is 11.8. The molecule has 27 heavy (non-hydrogen) atoms. The molecule has 0 bridgehead atoms. The summed E-state index contributed by atoms with van der Waals surface area (Å²) >= 11 is 1.21. The number of sulfone groups is 1. The van der Waals surface area contributed by atoms with Crippen molar-refractivity contribution in [2.24, 2.45) is 0 Å². The van der Waals surface area contributed by atoms with Crippen LogP contribution in [-0.4, -0.2) is 47.2 Å². The summed E-state index contributed by atoms with van der Waals surface area (Å²) in [6.07, 6.45) is 2.24. The Balaban J connectivity index is 1.75. The molecule has 3 rings (SSSR count). The van der Waals surface area contributed by atoms with Gasteiger partial charge in [-0.25, -0.2) is 13.4 Å². The number of para-hydroxylation sites is 1. The van der Waals surface area contributed by atoms with Crippen LogP contribution in [0.4, 0.5) is 0 Å². The number of aromatic nitrogens is 2. The number of rotatable bonds is 7. The number of nitrogens with one attached hydrogen (secondary N) is 1. The molecule has 146 valence electrons. The van der Waals surface area contributed by atoms with Gasteiger partial charge in [0.15, 0.2) is 15.0 Å². The van der Waals surface area contributed by atoms with Crippen molar-refractivity contribution in [3.63, 3.8) is 0 Å². The number of amides is 1. The van der Waals surface area contributed by atoms with Gasteiger partial charge in [0.05, 0.1) is 28.2 Å². The Labute approximate surface area is 162 Å². The molecule has 1 aromatic heterocycles. The first-order valence-electron chi connectivity index (χ1n) is 9.02. The van der Waals surface area contributed by atoms with Crippen molar-refractivity contribution in [2.45, 2.75) is 43.9 Å². The van der Waals surface area contributed by atoms with Gasteiger partial charge in [-0.15, -0.1) is 0 Å². The van der Waals surface area contributed by atoms with Crippen molar-refractivity contribution in [2.75, 3.05) is 17.3 Å². The van der Waals surface area contributed by atoms with Crippen molar-refractivity contribution in [3.8, 4) is 0 Å². The zero-order valence-electron chi connectivity index (χ0n) is 15.2. The first kappa shape index (κ1) is 19.9. The highest BCUT2D eigenvalue weighted by Gasteiger charge is 2.28. The van der Waals surface area contributed by atoms with Gasteiger partial charge >= 0.3 is 0 Å². The van der Waals surface area contributed by atoms with E-state index in [1.807, 2.05) is 12.1 Å². The van der Waals surface area contributed by atoms with Gasteiger partial charge in [0.25, 0.3) is 5.56 Å².